The summed E-state index contributed by atoms with van der Waals surface area (Å²) in [6.45, 7) is 4.49. The van der Waals surface area contributed by atoms with Crippen LogP contribution in [0.4, 0.5) is 0 Å². The first kappa shape index (κ1) is 17.3. The monoisotopic (exact) mass is 338 g/mol. The summed E-state index contributed by atoms with van der Waals surface area (Å²) >= 11 is 3.14. The molecular formula is C12H15ClO5S2. The average molecular weight is 339 g/mol. The molecule has 0 bridgehead atoms. The Labute approximate surface area is 125 Å². The lowest BCUT2D eigenvalue weighted by Crippen LogP contribution is -2.26. The number of benzene rings is 1. The number of hydrogen-bond donors (Lipinski definition) is 1. The van der Waals surface area contributed by atoms with Gasteiger partial charge in [0.2, 0.25) is 0 Å². The molecule has 0 aliphatic carbocycles. The third kappa shape index (κ3) is 3.28. The van der Waals surface area contributed by atoms with Gasteiger partial charge in [-0.3, -0.25) is 4.79 Å². The van der Waals surface area contributed by atoms with E-state index in [9.17, 15) is 22.0 Å². The second-order valence-corrected chi connectivity index (χ2v) is 8.82. The Morgan fingerprint density at radius 2 is 1.85 bits per heavy atom. The summed E-state index contributed by atoms with van der Waals surface area (Å²) < 4.78 is 43.3. The lowest BCUT2D eigenvalue weighted by molar-refractivity contribution is 0.108. The molecule has 1 rings (SSSR count). The second-order valence-electron chi connectivity index (χ2n) is 4.97. The molecule has 0 amide bonds. The second kappa shape index (κ2) is 5.55. The molecule has 1 unspecified atom stereocenters. The molecule has 1 N–H and O–H groups in total. The van der Waals surface area contributed by atoms with E-state index in [1.165, 1.54) is 19.9 Å². The molecule has 0 fully saturated rings. The fraction of sp³-hybridized carbons (Fsp3) is 0.417. The molecule has 0 aliphatic rings. The zero-order valence-corrected chi connectivity index (χ0v) is 13.8. The molecule has 20 heavy (non-hydrogen) atoms. The van der Waals surface area contributed by atoms with E-state index in [4.69, 9.17) is 11.6 Å². The maximum Gasteiger partial charge on any atom is 0.252 e. The smallest absolute Gasteiger partial charge is 0.252 e. The van der Waals surface area contributed by atoms with Crippen LogP contribution in [0.15, 0.2) is 17.0 Å². The number of carbonyl (C=O) groups excluding carboxylic acids is 1. The first-order chi connectivity index (χ1) is 8.89. The number of rotatable bonds is 4. The van der Waals surface area contributed by atoms with Crippen molar-refractivity contribution in [2.24, 2.45) is 0 Å². The fourth-order valence-electron chi connectivity index (χ4n) is 1.77. The SMILES string of the molecule is Cc1cc(C(C)(C)S(=O)O)c(S(C)(=O)=O)cc1C(=O)Cl. The highest BCUT2D eigenvalue weighted by molar-refractivity contribution is 7.90. The van der Waals surface area contributed by atoms with Crippen molar-refractivity contribution in [1.29, 1.82) is 0 Å². The van der Waals surface area contributed by atoms with Crippen molar-refractivity contribution in [3.8, 4) is 0 Å². The Morgan fingerprint density at radius 1 is 1.35 bits per heavy atom. The van der Waals surface area contributed by atoms with Gasteiger partial charge in [-0.1, -0.05) is 6.07 Å². The van der Waals surface area contributed by atoms with Crippen molar-refractivity contribution in [3.63, 3.8) is 0 Å². The van der Waals surface area contributed by atoms with E-state index in [2.05, 4.69) is 0 Å². The highest BCUT2D eigenvalue weighted by Crippen LogP contribution is 2.34. The van der Waals surface area contributed by atoms with Gasteiger partial charge in [0.25, 0.3) is 5.24 Å². The number of carbonyl (C=O) groups is 1. The minimum Gasteiger partial charge on any atom is -0.305 e. The molecule has 0 spiro atoms. The molecule has 0 aromatic heterocycles. The molecular weight excluding hydrogens is 324 g/mol. The molecule has 0 saturated carbocycles. The van der Waals surface area contributed by atoms with Gasteiger partial charge in [-0.2, -0.15) is 0 Å². The molecule has 1 aromatic carbocycles. The van der Waals surface area contributed by atoms with Crippen LogP contribution in [-0.4, -0.2) is 28.7 Å². The van der Waals surface area contributed by atoms with E-state index < -0.39 is 30.9 Å². The van der Waals surface area contributed by atoms with Crippen LogP contribution in [0.1, 0.15) is 35.3 Å². The van der Waals surface area contributed by atoms with Gasteiger partial charge in [-0.15, -0.1) is 0 Å². The summed E-state index contributed by atoms with van der Waals surface area (Å²) in [7, 11) is -3.68. The zero-order chi connectivity index (χ0) is 15.9. The molecule has 0 aliphatic heterocycles. The van der Waals surface area contributed by atoms with E-state index >= 15 is 0 Å². The van der Waals surface area contributed by atoms with Crippen molar-refractivity contribution in [2.45, 2.75) is 30.4 Å². The van der Waals surface area contributed by atoms with Gasteiger partial charge in [0, 0.05) is 11.8 Å². The predicted molar refractivity (Wildman–Crippen MR) is 78.3 cm³/mol. The Morgan fingerprint density at radius 3 is 2.20 bits per heavy atom. The topological polar surface area (TPSA) is 88.5 Å². The third-order valence-corrected chi connectivity index (χ3v) is 5.46. The van der Waals surface area contributed by atoms with Crippen LogP contribution in [0.5, 0.6) is 0 Å². The Kier molecular flexibility index (Phi) is 4.80. The minimum atomic E-state index is -3.68. The summed E-state index contributed by atoms with van der Waals surface area (Å²) in [5.41, 5.74) is 0.696. The average Bonchev–Trinajstić information content (AvgIpc) is 2.26. The van der Waals surface area contributed by atoms with Gasteiger partial charge in [-0.25, -0.2) is 12.6 Å². The van der Waals surface area contributed by atoms with Gasteiger partial charge in [0.05, 0.1) is 9.64 Å². The third-order valence-electron chi connectivity index (χ3n) is 3.02. The first-order valence-corrected chi connectivity index (χ1v) is 8.92. The van der Waals surface area contributed by atoms with Crippen molar-refractivity contribution in [1.82, 2.24) is 0 Å². The predicted octanol–water partition coefficient (Wildman–Crippen LogP) is 2.23. The zero-order valence-electron chi connectivity index (χ0n) is 11.4. The van der Waals surface area contributed by atoms with E-state index in [0.717, 1.165) is 12.3 Å². The van der Waals surface area contributed by atoms with Gasteiger partial charge in [0.1, 0.15) is 0 Å². The lowest BCUT2D eigenvalue weighted by Gasteiger charge is -2.24. The van der Waals surface area contributed by atoms with Gasteiger partial charge in [-0.05, 0) is 49.6 Å². The van der Waals surface area contributed by atoms with Gasteiger partial charge in [0.15, 0.2) is 20.9 Å². The molecule has 0 saturated heterocycles. The molecule has 1 atom stereocenters. The van der Waals surface area contributed by atoms with Crippen LogP contribution in [0, 0.1) is 6.92 Å². The quantitative estimate of drug-likeness (QED) is 0.671. The molecule has 8 heteroatoms. The van der Waals surface area contributed by atoms with E-state index in [-0.39, 0.29) is 16.0 Å². The molecule has 1 aromatic rings. The van der Waals surface area contributed by atoms with Crippen molar-refractivity contribution < 1.29 is 22.0 Å². The van der Waals surface area contributed by atoms with Gasteiger partial charge < -0.3 is 4.55 Å². The molecule has 5 nitrogen and oxygen atoms in total. The van der Waals surface area contributed by atoms with Crippen LogP contribution in [0.25, 0.3) is 0 Å². The number of sulfone groups is 1. The van der Waals surface area contributed by atoms with Crippen molar-refractivity contribution >= 4 is 37.8 Å². The van der Waals surface area contributed by atoms with Crippen LogP contribution < -0.4 is 0 Å². The maximum absolute atomic E-state index is 11.9. The Hall–Kier alpha value is -0.760. The van der Waals surface area contributed by atoms with Crippen molar-refractivity contribution in [2.75, 3.05) is 6.26 Å². The summed E-state index contributed by atoms with van der Waals surface area (Å²) in [5.74, 6) is 0. The largest absolute Gasteiger partial charge is 0.305 e. The Balaban J connectivity index is 3.82. The summed E-state index contributed by atoms with van der Waals surface area (Å²) in [6, 6.07) is 2.57. The summed E-state index contributed by atoms with van der Waals surface area (Å²) in [5, 5.41) is -0.776. The fourth-order valence-corrected chi connectivity index (χ4v) is 3.44. The molecule has 112 valence electrons. The summed E-state index contributed by atoms with van der Waals surface area (Å²) in [6.07, 6.45) is 0.972. The van der Waals surface area contributed by atoms with Gasteiger partial charge >= 0.3 is 0 Å². The van der Waals surface area contributed by atoms with Crippen LogP contribution in [0.3, 0.4) is 0 Å². The normalized spacial score (nSPS) is 14.1. The number of halogens is 1. The summed E-state index contributed by atoms with van der Waals surface area (Å²) in [4.78, 5) is 11.1. The highest BCUT2D eigenvalue weighted by atomic mass is 35.5. The molecule has 0 radical (unpaired) electrons. The highest BCUT2D eigenvalue weighted by Gasteiger charge is 2.33. The Bertz CT molecular complexity index is 692. The van der Waals surface area contributed by atoms with E-state index in [0.29, 0.717) is 5.56 Å². The van der Waals surface area contributed by atoms with Crippen LogP contribution in [0.2, 0.25) is 0 Å². The first-order valence-electron chi connectivity index (χ1n) is 5.55. The minimum absolute atomic E-state index is 0.0652. The maximum atomic E-state index is 11.9. The lowest BCUT2D eigenvalue weighted by atomic mass is 9.97. The number of aryl methyl sites for hydroxylation is 1. The van der Waals surface area contributed by atoms with Crippen LogP contribution in [-0.2, 0) is 25.7 Å². The standard InChI is InChI=1S/C12H15ClO5S2/c1-7-5-9(12(2,3)19(15)16)10(20(4,17)18)6-8(7)11(13)14/h5-6H,1-4H3,(H,15,16). The van der Waals surface area contributed by atoms with Crippen molar-refractivity contribution in [3.05, 3.63) is 28.8 Å². The van der Waals surface area contributed by atoms with E-state index in [1.54, 1.807) is 6.92 Å². The van der Waals surface area contributed by atoms with E-state index in [1.807, 2.05) is 0 Å². The number of hydrogen-bond acceptors (Lipinski definition) is 4. The molecule has 0 heterocycles. The van der Waals surface area contributed by atoms with Crippen LogP contribution >= 0.6 is 11.6 Å².